The highest BCUT2D eigenvalue weighted by atomic mass is 32.1. The minimum absolute atomic E-state index is 0.714. The van der Waals surface area contributed by atoms with Crippen molar-refractivity contribution in [1.29, 1.82) is 0 Å². The molecule has 1 saturated carbocycles. The van der Waals surface area contributed by atoms with Crippen LogP contribution < -0.4 is 0 Å². The largest absolute Gasteiger partial charge is 0.300 e. The van der Waals surface area contributed by atoms with Gasteiger partial charge >= 0.3 is 0 Å². The van der Waals surface area contributed by atoms with Gasteiger partial charge in [0.05, 0.1) is 0 Å². The van der Waals surface area contributed by atoms with Crippen molar-refractivity contribution in [2.45, 2.75) is 45.6 Å². The molecule has 21 heavy (non-hydrogen) atoms. The molecular weight excluding hydrogens is 280 g/mol. The van der Waals surface area contributed by atoms with Gasteiger partial charge < -0.3 is 0 Å². The van der Waals surface area contributed by atoms with E-state index in [1.807, 2.05) is 18.3 Å². The molecule has 3 rings (SSSR count). The van der Waals surface area contributed by atoms with Crippen LogP contribution in [-0.2, 0) is 6.54 Å². The number of nitrogens with one attached hydrogen (secondary N) is 1. The second kappa shape index (κ2) is 6.52. The van der Waals surface area contributed by atoms with Crippen molar-refractivity contribution in [1.82, 2.24) is 19.7 Å². The lowest BCUT2D eigenvalue weighted by Gasteiger charge is -2.28. The molecule has 0 atom stereocenters. The summed E-state index contributed by atoms with van der Waals surface area (Å²) in [6, 6.07) is 3.96. The van der Waals surface area contributed by atoms with Gasteiger partial charge in [0.25, 0.3) is 0 Å². The van der Waals surface area contributed by atoms with E-state index in [-0.39, 0.29) is 0 Å². The molecule has 2 aromatic rings. The van der Waals surface area contributed by atoms with Gasteiger partial charge in [-0.15, -0.1) is 0 Å². The van der Waals surface area contributed by atoms with E-state index in [1.165, 1.54) is 32.1 Å². The van der Waals surface area contributed by atoms with Crippen LogP contribution in [0.1, 0.15) is 39.0 Å². The van der Waals surface area contributed by atoms with Gasteiger partial charge in [0.15, 0.2) is 10.6 Å². The molecule has 2 aromatic heterocycles. The van der Waals surface area contributed by atoms with Gasteiger partial charge in [-0.3, -0.25) is 14.6 Å². The molecule has 1 aliphatic rings. The van der Waals surface area contributed by atoms with Gasteiger partial charge in [0, 0.05) is 24.5 Å². The van der Waals surface area contributed by atoms with E-state index in [0.717, 1.165) is 23.9 Å². The van der Waals surface area contributed by atoms with Crippen molar-refractivity contribution in [3.63, 3.8) is 0 Å². The number of nitrogens with zero attached hydrogens (tertiary/aromatic N) is 3. The first kappa shape index (κ1) is 14.4. The quantitative estimate of drug-likeness (QED) is 0.860. The summed E-state index contributed by atoms with van der Waals surface area (Å²) in [6.45, 7) is 3.27. The molecule has 4 nitrogen and oxygen atoms in total. The fourth-order valence-electron chi connectivity index (χ4n) is 3.28. The number of hydrogen-bond donors (Lipinski definition) is 1. The fourth-order valence-corrected chi connectivity index (χ4v) is 3.49. The van der Waals surface area contributed by atoms with Crippen LogP contribution in [0.15, 0.2) is 24.5 Å². The van der Waals surface area contributed by atoms with Crippen LogP contribution in [0.4, 0.5) is 0 Å². The molecule has 2 heterocycles. The van der Waals surface area contributed by atoms with E-state index in [2.05, 4.69) is 26.7 Å². The average molecular weight is 302 g/mol. The van der Waals surface area contributed by atoms with Gasteiger partial charge in [-0.25, -0.2) is 0 Å². The van der Waals surface area contributed by atoms with E-state index in [9.17, 15) is 0 Å². The van der Waals surface area contributed by atoms with Crippen molar-refractivity contribution < 1.29 is 0 Å². The topological polar surface area (TPSA) is 46.5 Å². The number of aromatic amines is 1. The third-order valence-electron chi connectivity index (χ3n) is 4.66. The average Bonchev–Trinajstić information content (AvgIpc) is 2.90. The van der Waals surface area contributed by atoms with Crippen LogP contribution >= 0.6 is 12.2 Å². The van der Waals surface area contributed by atoms with Crippen LogP contribution in [-0.4, -0.2) is 19.7 Å². The van der Waals surface area contributed by atoms with Gasteiger partial charge in [-0.2, -0.15) is 5.10 Å². The zero-order valence-electron chi connectivity index (χ0n) is 12.5. The van der Waals surface area contributed by atoms with E-state index in [0.29, 0.717) is 10.7 Å². The smallest absolute Gasteiger partial charge is 0.195 e. The fraction of sp³-hybridized carbons (Fsp3) is 0.562. The lowest BCUT2D eigenvalue weighted by atomic mass is 9.81. The van der Waals surface area contributed by atoms with Crippen molar-refractivity contribution in [3.8, 4) is 11.4 Å². The summed E-state index contributed by atoms with van der Waals surface area (Å²) in [7, 11) is 0. The lowest BCUT2D eigenvalue weighted by Crippen LogP contribution is -2.19. The molecule has 0 spiro atoms. The molecule has 0 unspecified atom stereocenters. The van der Waals surface area contributed by atoms with Crippen molar-refractivity contribution >= 4 is 12.2 Å². The van der Waals surface area contributed by atoms with Crippen LogP contribution in [0.25, 0.3) is 11.4 Å². The van der Waals surface area contributed by atoms with Crippen molar-refractivity contribution in [2.24, 2.45) is 11.8 Å². The highest BCUT2D eigenvalue weighted by Gasteiger charge is 2.21. The summed E-state index contributed by atoms with van der Waals surface area (Å²) in [5, 5.41) is 7.32. The second-order valence-corrected chi connectivity index (χ2v) is 6.39. The Morgan fingerprint density at radius 1 is 1.29 bits per heavy atom. The van der Waals surface area contributed by atoms with E-state index in [4.69, 9.17) is 12.2 Å². The molecule has 5 heteroatoms. The summed E-state index contributed by atoms with van der Waals surface area (Å²) in [4.78, 5) is 4.18. The Balaban J connectivity index is 1.77. The summed E-state index contributed by atoms with van der Waals surface area (Å²) in [5.74, 6) is 2.55. The maximum atomic E-state index is 5.41. The van der Waals surface area contributed by atoms with E-state index in [1.54, 1.807) is 6.20 Å². The molecule has 0 radical (unpaired) electrons. The molecule has 0 bridgehead atoms. The molecule has 1 N–H and O–H groups in total. The van der Waals surface area contributed by atoms with Crippen LogP contribution in [0, 0.1) is 16.6 Å². The molecule has 112 valence electrons. The maximum Gasteiger partial charge on any atom is 0.195 e. The van der Waals surface area contributed by atoms with Crippen molar-refractivity contribution in [2.75, 3.05) is 0 Å². The number of hydrogen-bond acceptors (Lipinski definition) is 3. The minimum atomic E-state index is 0.714. The summed E-state index contributed by atoms with van der Waals surface area (Å²) in [5.41, 5.74) is 1.02. The van der Waals surface area contributed by atoms with E-state index < -0.39 is 0 Å². The zero-order chi connectivity index (χ0) is 14.7. The first-order valence-electron chi connectivity index (χ1n) is 7.83. The van der Waals surface area contributed by atoms with Crippen LogP contribution in [0.3, 0.4) is 0 Å². The molecular formula is C16H22N4S. The van der Waals surface area contributed by atoms with Gasteiger partial charge in [0.1, 0.15) is 0 Å². The zero-order valence-corrected chi connectivity index (χ0v) is 13.3. The molecule has 1 aliphatic carbocycles. The highest BCUT2D eigenvalue weighted by molar-refractivity contribution is 7.71. The van der Waals surface area contributed by atoms with Crippen molar-refractivity contribution in [3.05, 3.63) is 29.3 Å². The highest BCUT2D eigenvalue weighted by Crippen LogP contribution is 2.32. The molecule has 0 saturated heterocycles. The van der Waals surface area contributed by atoms with Crippen LogP contribution in [0.5, 0.6) is 0 Å². The number of aromatic nitrogens is 4. The molecule has 0 amide bonds. The predicted octanol–water partition coefficient (Wildman–Crippen LogP) is 4.22. The third kappa shape index (κ3) is 3.23. The van der Waals surface area contributed by atoms with Crippen LogP contribution in [0.2, 0.25) is 0 Å². The summed E-state index contributed by atoms with van der Waals surface area (Å²) < 4.78 is 2.86. The van der Waals surface area contributed by atoms with Gasteiger partial charge in [-0.05, 0) is 49.0 Å². The minimum Gasteiger partial charge on any atom is -0.300 e. The first-order chi connectivity index (χ1) is 10.3. The van der Waals surface area contributed by atoms with Gasteiger partial charge in [-0.1, -0.05) is 26.2 Å². The summed E-state index contributed by atoms with van der Waals surface area (Å²) >= 11 is 5.41. The normalized spacial score (nSPS) is 22.3. The molecule has 0 aliphatic heterocycles. The van der Waals surface area contributed by atoms with Gasteiger partial charge in [0.2, 0.25) is 0 Å². The Bertz CT molecular complexity index is 623. The number of pyridine rings is 1. The Morgan fingerprint density at radius 3 is 2.71 bits per heavy atom. The lowest BCUT2D eigenvalue weighted by molar-refractivity contribution is 0.247. The predicted molar refractivity (Wildman–Crippen MR) is 86.4 cm³/mol. The SMILES string of the molecule is CCC1CCC(Cn2c(-c3cccnc3)n[nH]c2=S)CC1. The second-order valence-electron chi connectivity index (χ2n) is 6.00. The van der Waals surface area contributed by atoms with E-state index >= 15 is 0 Å². The third-order valence-corrected chi connectivity index (χ3v) is 4.97. The Morgan fingerprint density at radius 2 is 2.05 bits per heavy atom. The summed E-state index contributed by atoms with van der Waals surface area (Å²) in [6.07, 6.45) is 10.3. The maximum absolute atomic E-state index is 5.41. The number of H-pyrrole nitrogens is 1. The monoisotopic (exact) mass is 302 g/mol. The Hall–Kier alpha value is -1.49. The molecule has 1 fully saturated rings. The first-order valence-corrected chi connectivity index (χ1v) is 8.24. The Labute approximate surface area is 130 Å². The molecule has 0 aromatic carbocycles. The Kier molecular flexibility index (Phi) is 4.48. The standard InChI is InChI=1S/C16H22N4S/c1-2-12-5-7-13(8-6-12)11-20-15(18-19-16(20)21)14-4-3-9-17-10-14/h3-4,9-10,12-13H,2,5-8,11H2,1H3,(H,19,21). The number of rotatable bonds is 4.